The van der Waals surface area contributed by atoms with Gasteiger partial charge in [-0.1, -0.05) is 0 Å². The molecule has 2 aromatic rings. The number of benzene rings is 1. The summed E-state index contributed by atoms with van der Waals surface area (Å²) in [6.45, 7) is 1.38. The molecule has 1 atom stereocenters. The lowest BCUT2D eigenvalue weighted by molar-refractivity contribution is 0.0536. The molecule has 0 radical (unpaired) electrons. The van der Waals surface area contributed by atoms with Gasteiger partial charge in [0.25, 0.3) is 0 Å². The van der Waals surface area contributed by atoms with Crippen molar-refractivity contribution in [1.82, 2.24) is 0 Å². The molecule has 0 bridgehead atoms. The summed E-state index contributed by atoms with van der Waals surface area (Å²) in [6, 6.07) is 4.45. The van der Waals surface area contributed by atoms with Gasteiger partial charge in [-0.2, -0.15) is 0 Å². The lowest BCUT2D eigenvalue weighted by atomic mass is 10.2. The topological polar surface area (TPSA) is 109 Å². The molecule has 0 saturated heterocycles. The molecule has 0 fully saturated rings. The van der Waals surface area contributed by atoms with Crippen LogP contribution in [0.4, 0.5) is 0 Å². The Morgan fingerprint density at radius 3 is 2.76 bits per heavy atom. The second kappa shape index (κ2) is 6.47. The molecule has 21 heavy (non-hydrogen) atoms. The van der Waals surface area contributed by atoms with E-state index in [0.717, 1.165) is 0 Å². The van der Waals surface area contributed by atoms with Gasteiger partial charge < -0.3 is 29.2 Å². The van der Waals surface area contributed by atoms with Crippen molar-refractivity contribution in [3.05, 3.63) is 28.6 Å². The highest BCUT2D eigenvalue weighted by molar-refractivity contribution is 5.86. The number of aromatic hydroxyl groups is 1. The van der Waals surface area contributed by atoms with E-state index in [1.807, 2.05) is 0 Å². The minimum Gasteiger partial charge on any atom is -0.504 e. The van der Waals surface area contributed by atoms with Crippen molar-refractivity contribution in [3.63, 3.8) is 0 Å². The van der Waals surface area contributed by atoms with Gasteiger partial charge in [-0.25, -0.2) is 4.79 Å². The van der Waals surface area contributed by atoms with Crippen LogP contribution in [0.25, 0.3) is 11.0 Å². The van der Waals surface area contributed by atoms with Crippen molar-refractivity contribution >= 4 is 11.0 Å². The predicted octanol–water partition coefficient (Wildman–Crippen LogP) is 0.629. The molecule has 0 saturated carbocycles. The summed E-state index contributed by atoms with van der Waals surface area (Å²) in [5, 5.41) is 28.3. The Morgan fingerprint density at radius 2 is 2.10 bits per heavy atom. The quantitative estimate of drug-likeness (QED) is 0.671. The summed E-state index contributed by atoms with van der Waals surface area (Å²) < 4.78 is 15.4. The Labute approximate surface area is 120 Å². The second-order valence-electron chi connectivity index (χ2n) is 4.31. The first-order valence-corrected chi connectivity index (χ1v) is 6.41. The number of hydrogen-bond donors (Lipinski definition) is 3. The molecule has 7 heteroatoms. The zero-order chi connectivity index (χ0) is 15.4. The number of rotatable bonds is 6. The Kier molecular flexibility index (Phi) is 4.66. The molecule has 0 aliphatic heterocycles. The van der Waals surface area contributed by atoms with Crippen LogP contribution in [0.3, 0.4) is 0 Å². The average Bonchev–Trinajstić information content (AvgIpc) is 2.49. The van der Waals surface area contributed by atoms with Gasteiger partial charge in [-0.05, 0) is 25.1 Å². The molecule has 1 aromatic carbocycles. The van der Waals surface area contributed by atoms with Crippen LogP contribution in [-0.4, -0.2) is 41.2 Å². The monoisotopic (exact) mass is 296 g/mol. The number of hydrogen-bond acceptors (Lipinski definition) is 7. The van der Waals surface area contributed by atoms with Crippen molar-refractivity contribution in [3.8, 4) is 17.2 Å². The number of aliphatic hydroxyl groups is 2. The van der Waals surface area contributed by atoms with Crippen molar-refractivity contribution in [2.24, 2.45) is 0 Å². The van der Waals surface area contributed by atoms with Crippen molar-refractivity contribution < 1.29 is 29.2 Å². The van der Waals surface area contributed by atoms with E-state index in [0.29, 0.717) is 5.75 Å². The highest BCUT2D eigenvalue weighted by atomic mass is 16.5. The Hall–Kier alpha value is -2.25. The van der Waals surface area contributed by atoms with E-state index in [-0.39, 0.29) is 35.7 Å². The summed E-state index contributed by atoms with van der Waals surface area (Å²) in [6.07, 6.45) is -0.998. The van der Waals surface area contributed by atoms with Gasteiger partial charge in [0.1, 0.15) is 24.0 Å². The van der Waals surface area contributed by atoms with E-state index in [1.165, 1.54) is 18.2 Å². The maximum Gasteiger partial charge on any atom is 0.383 e. The summed E-state index contributed by atoms with van der Waals surface area (Å²) >= 11 is 0. The molecular weight excluding hydrogens is 280 g/mol. The Balaban J connectivity index is 2.39. The van der Waals surface area contributed by atoms with E-state index in [2.05, 4.69) is 0 Å². The van der Waals surface area contributed by atoms with Crippen LogP contribution >= 0.6 is 0 Å². The molecule has 1 heterocycles. The molecule has 0 aliphatic carbocycles. The minimum absolute atomic E-state index is 0.0993. The van der Waals surface area contributed by atoms with E-state index < -0.39 is 18.3 Å². The van der Waals surface area contributed by atoms with Crippen molar-refractivity contribution in [1.29, 1.82) is 0 Å². The fourth-order valence-electron chi connectivity index (χ4n) is 1.75. The minimum atomic E-state index is -0.998. The molecule has 7 nitrogen and oxygen atoms in total. The molecule has 3 N–H and O–H groups in total. The molecule has 114 valence electrons. The van der Waals surface area contributed by atoms with Crippen LogP contribution in [0.5, 0.6) is 17.2 Å². The van der Waals surface area contributed by atoms with Gasteiger partial charge >= 0.3 is 5.63 Å². The predicted molar refractivity (Wildman–Crippen MR) is 73.9 cm³/mol. The maximum absolute atomic E-state index is 11.6. The van der Waals surface area contributed by atoms with E-state index >= 15 is 0 Å². The van der Waals surface area contributed by atoms with Crippen LogP contribution in [-0.2, 0) is 0 Å². The third kappa shape index (κ3) is 3.26. The van der Waals surface area contributed by atoms with Crippen LogP contribution < -0.4 is 15.1 Å². The Bertz CT molecular complexity index is 677. The first-order valence-electron chi connectivity index (χ1n) is 6.41. The first-order chi connectivity index (χ1) is 10.1. The first kappa shape index (κ1) is 15.1. The second-order valence-corrected chi connectivity index (χ2v) is 4.31. The molecule has 1 unspecified atom stereocenters. The molecule has 1 aromatic heterocycles. The largest absolute Gasteiger partial charge is 0.504 e. The SMILES string of the molecule is CCOc1c(O)c2cc(OCC(O)CO)ccc2oc1=O. The third-order valence-corrected chi connectivity index (χ3v) is 2.75. The molecule has 2 rings (SSSR count). The average molecular weight is 296 g/mol. The third-order valence-electron chi connectivity index (χ3n) is 2.75. The van der Waals surface area contributed by atoms with Crippen molar-refractivity contribution in [2.75, 3.05) is 19.8 Å². The lowest BCUT2D eigenvalue weighted by Crippen LogP contribution is -2.21. The van der Waals surface area contributed by atoms with Gasteiger partial charge in [-0.15, -0.1) is 0 Å². The molecule has 0 aliphatic rings. The zero-order valence-corrected chi connectivity index (χ0v) is 11.4. The van der Waals surface area contributed by atoms with Crippen LogP contribution in [0.1, 0.15) is 6.92 Å². The molecular formula is C14H16O7. The van der Waals surface area contributed by atoms with Gasteiger partial charge in [-0.3, -0.25) is 0 Å². The fraction of sp³-hybridized carbons (Fsp3) is 0.357. The smallest absolute Gasteiger partial charge is 0.383 e. The fourth-order valence-corrected chi connectivity index (χ4v) is 1.75. The van der Waals surface area contributed by atoms with E-state index in [9.17, 15) is 15.0 Å². The summed E-state index contributed by atoms with van der Waals surface area (Å²) in [5.41, 5.74) is -0.567. The summed E-state index contributed by atoms with van der Waals surface area (Å²) in [4.78, 5) is 11.6. The van der Waals surface area contributed by atoms with Gasteiger partial charge in [0.15, 0.2) is 5.75 Å². The summed E-state index contributed by atoms with van der Waals surface area (Å²) in [5.74, 6) is -0.226. The highest BCUT2D eigenvalue weighted by Crippen LogP contribution is 2.33. The molecule has 0 spiro atoms. The number of fused-ring (bicyclic) bond motifs is 1. The lowest BCUT2D eigenvalue weighted by Gasteiger charge is -2.11. The van der Waals surface area contributed by atoms with E-state index in [4.69, 9.17) is 19.0 Å². The molecule has 0 amide bonds. The zero-order valence-electron chi connectivity index (χ0n) is 11.4. The highest BCUT2D eigenvalue weighted by Gasteiger charge is 2.16. The maximum atomic E-state index is 11.6. The normalized spacial score (nSPS) is 12.3. The van der Waals surface area contributed by atoms with Crippen LogP contribution in [0.15, 0.2) is 27.4 Å². The Morgan fingerprint density at radius 1 is 1.33 bits per heavy atom. The van der Waals surface area contributed by atoms with Crippen molar-refractivity contribution in [2.45, 2.75) is 13.0 Å². The number of aliphatic hydroxyl groups excluding tert-OH is 2. The van der Waals surface area contributed by atoms with Gasteiger partial charge in [0.2, 0.25) is 5.75 Å². The van der Waals surface area contributed by atoms with Gasteiger partial charge in [0, 0.05) is 0 Å². The van der Waals surface area contributed by atoms with E-state index in [1.54, 1.807) is 6.92 Å². The number of ether oxygens (including phenoxy) is 2. The van der Waals surface area contributed by atoms with Gasteiger partial charge in [0.05, 0.1) is 18.6 Å². The summed E-state index contributed by atoms with van der Waals surface area (Å²) in [7, 11) is 0. The standard InChI is InChI=1S/C14H16O7/c1-2-19-13-12(17)10-5-9(20-7-8(16)6-15)3-4-11(10)21-14(13)18/h3-5,8,15-17H,2,6-7H2,1H3. The van der Waals surface area contributed by atoms with Crippen LogP contribution in [0, 0.1) is 0 Å². The van der Waals surface area contributed by atoms with Crippen LogP contribution in [0.2, 0.25) is 0 Å².